The third kappa shape index (κ3) is 1.35. The fourth-order valence-corrected chi connectivity index (χ4v) is 1.14. The van der Waals surface area contributed by atoms with E-state index < -0.39 is 0 Å². The summed E-state index contributed by atoms with van der Waals surface area (Å²) in [7, 11) is 0. The number of aromatic nitrogens is 4. The first-order valence-corrected chi connectivity index (χ1v) is 4.13. The molecular weight excluding hydrogens is 220 g/mol. The van der Waals surface area contributed by atoms with Gasteiger partial charge in [-0.3, -0.25) is 0 Å². The highest BCUT2D eigenvalue weighted by atomic mass is 79.9. The van der Waals surface area contributed by atoms with E-state index in [9.17, 15) is 0 Å². The number of hydrogen-bond donors (Lipinski definition) is 0. The number of halogens is 1. The SMILES string of the molecule is Brc1ccn(-c2ccncn2)n1. The molecule has 0 spiro atoms. The zero-order valence-electron chi connectivity index (χ0n) is 6.05. The third-order valence-corrected chi connectivity index (χ3v) is 1.78. The third-order valence-electron chi connectivity index (χ3n) is 1.36. The van der Waals surface area contributed by atoms with E-state index in [1.165, 1.54) is 6.33 Å². The fraction of sp³-hybridized carbons (Fsp3) is 0. The largest absolute Gasteiger partial charge is 0.245 e. The second-order valence-corrected chi connectivity index (χ2v) is 2.96. The summed E-state index contributed by atoms with van der Waals surface area (Å²) < 4.78 is 2.47. The lowest BCUT2D eigenvalue weighted by molar-refractivity contribution is 0.831. The molecule has 2 aromatic heterocycles. The van der Waals surface area contributed by atoms with Crippen LogP contribution < -0.4 is 0 Å². The first-order valence-electron chi connectivity index (χ1n) is 3.34. The van der Waals surface area contributed by atoms with E-state index in [0.29, 0.717) is 0 Å². The molecule has 0 fully saturated rings. The summed E-state index contributed by atoms with van der Waals surface area (Å²) in [4.78, 5) is 7.84. The Balaban J connectivity index is 2.45. The standard InChI is InChI=1S/C7H5BrN4/c8-6-2-4-12(11-6)7-1-3-9-5-10-7/h1-5H. The summed E-state index contributed by atoms with van der Waals surface area (Å²) in [5.74, 6) is 0.760. The minimum atomic E-state index is 0.760. The molecule has 60 valence electrons. The van der Waals surface area contributed by atoms with E-state index in [1.54, 1.807) is 16.9 Å². The first-order chi connectivity index (χ1) is 5.86. The van der Waals surface area contributed by atoms with Crippen molar-refractivity contribution in [1.82, 2.24) is 19.7 Å². The lowest BCUT2D eigenvalue weighted by atomic mass is 10.6. The highest BCUT2D eigenvalue weighted by Gasteiger charge is 1.97. The van der Waals surface area contributed by atoms with Crippen molar-refractivity contribution in [3.05, 3.63) is 35.5 Å². The topological polar surface area (TPSA) is 43.6 Å². The van der Waals surface area contributed by atoms with Crippen LogP contribution in [-0.4, -0.2) is 19.7 Å². The van der Waals surface area contributed by atoms with Gasteiger partial charge < -0.3 is 0 Å². The van der Waals surface area contributed by atoms with Gasteiger partial charge in [0.1, 0.15) is 10.9 Å². The molecule has 5 heteroatoms. The number of hydrogen-bond acceptors (Lipinski definition) is 3. The lowest BCUT2D eigenvalue weighted by Crippen LogP contribution is -1.97. The van der Waals surface area contributed by atoms with Crippen molar-refractivity contribution in [2.45, 2.75) is 0 Å². The van der Waals surface area contributed by atoms with E-state index >= 15 is 0 Å². The Hall–Kier alpha value is -1.23. The minimum absolute atomic E-state index is 0.760. The molecule has 2 heterocycles. The molecule has 0 amide bonds. The average Bonchev–Trinajstić information content (AvgIpc) is 2.54. The predicted molar refractivity (Wildman–Crippen MR) is 46.9 cm³/mol. The summed E-state index contributed by atoms with van der Waals surface area (Å²) in [6.45, 7) is 0. The van der Waals surface area contributed by atoms with Crippen molar-refractivity contribution in [3.63, 3.8) is 0 Å². The number of rotatable bonds is 1. The second kappa shape index (κ2) is 3.02. The van der Waals surface area contributed by atoms with Crippen LogP contribution in [0.2, 0.25) is 0 Å². The van der Waals surface area contributed by atoms with Crippen molar-refractivity contribution in [2.75, 3.05) is 0 Å². The van der Waals surface area contributed by atoms with Crippen LogP contribution in [0.1, 0.15) is 0 Å². The second-order valence-electron chi connectivity index (χ2n) is 2.15. The van der Waals surface area contributed by atoms with E-state index in [1.807, 2.05) is 12.3 Å². The van der Waals surface area contributed by atoms with Gasteiger partial charge in [-0.05, 0) is 22.0 Å². The molecule has 0 N–H and O–H groups in total. The Labute approximate surface area is 77.4 Å². The van der Waals surface area contributed by atoms with Gasteiger partial charge in [0, 0.05) is 18.5 Å². The number of nitrogens with zero attached hydrogens (tertiary/aromatic N) is 4. The van der Waals surface area contributed by atoms with Gasteiger partial charge in [0.15, 0.2) is 5.82 Å². The molecule has 0 aliphatic heterocycles. The van der Waals surface area contributed by atoms with Crippen LogP contribution in [0.15, 0.2) is 35.5 Å². The molecule has 0 saturated heterocycles. The fourth-order valence-electron chi connectivity index (χ4n) is 0.849. The van der Waals surface area contributed by atoms with Gasteiger partial charge in [-0.15, -0.1) is 0 Å². The Bertz CT molecular complexity index is 370. The van der Waals surface area contributed by atoms with Gasteiger partial charge in [-0.2, -0.15) is 5.10 Å². The van der Waals surface area contributed by atoms with Crippen LogP contribution in [0.3, 0.4) is 0 Å². The molecule has 0 unspecified atom stereocenters. The zero-order valence-corrected chi connectivity index (χ0v) is 7.64. The van der Waals surface area contributed by atoms with Crippen molar-refractivity contribution in [3.8, 4) is 5.82 Å². The zero-order chi connectivity index (χ0) is 8.39. The van der Waals surface area contributed by atoms with E-state index in [2.05, 4.69) is 31.0 Å². The highest BCUT2D eigenvalue weighted by molar-refractivity contribution is 9.10. The molecule has 2 aromatic rings. The summed E-state index contributed by atoms with van der Waals surface area (Å²) in [5, 5.41) is 4.12. The van der Waals surface area contributed by atoms with Gasteiger partial charge in [-0.25, -0.2) is 14.6 Å². The monoisotopic (exact) mass is 224 g/mol. The highest BCUT2D eigenvalue weighted by Crippen LogP contribution is 2.07. The maximum Gasteiger partial charge on any atom is 0.156 e. The van der Waals surface area contributed by atoms with Gasteiger partial charge >= 0.3 is 0 Å². The van der Waals surface area contributed by atoms with Gasteiger partial charge in [0.2, 0.25) is 0 Å². The van der Waals surface area contributed by atoms with Crippen molar-refractivity contribution < 1.29 is 0 Å². The predicted octanol–water partition coefficient (Wildman–Crippen LogP) is 1.42. The van der Waals surface area contributed by atoms with Gasteiger partial charge in [0.25, 0.3) is 0 Å². The summed E-state index contributed by atoms with van der Waals surface area (Å²) >= 11 is 3.25. The molecular formula is C7H5BrN4. The molecule has 0 radical (unpaired) electrons. The Morgan fingerprint density at radius 2 is 2.25 bits per heavy atom. The average molecular weight is 225 g/mol. The Morgan fingerprint density at radius 1 is 1.33 bits per heavy atom. The van der Waals surface area contributed by atoms with Crippen molar-refractivity contribution >= 4 is 15.9 Å². The molecule has 0 aromatic carbocycles. The molecule has 0 bridgehead atoms. The van der Waals surface area contributed by atoms with Crippen molar-refractivity contribution in [2.24, 2.45) is 0 Å². The molecule has 0 saturated carbocycles. The van der Waals surface area contributed by atoms with Crippen LogP contribution in [-0.2, 0) is 0 Å². The molecule has 4 nitrogen and oxygen atoms in total. The van der Waals surface area contributed by atoms with Gasteiger partial charge in [-0.1, -0.05) is 0 Å². The van der Waals surface area contributed by atoms with Crippen LogP contribution in [0.25, 0.3) is 5.82 Å². The maximum absolute atomic E-state index is 4.12. The first kappa shape index (κ1) is 7.42. The molecule has 12 heavy (non-hydrogen) atoms. The van der Waals surface area contributed by atoms with Crippen LogP contribution >= 0.6 is 15.9 Å². The van der Waals surface area contributed by atoms with Crippen LogP contribution in [0, 0.1) is 0 Å². The summed E-state index contributed by atoms with van der Waals surface area (Å²) in [5.41, 5.74) is 0. The normalized spacial score (nSPS) is 10.1. The molecule has 0 aliphatic rings. The molecule has 0 aliphatic carbocycles. The molecule has 2 rings (SSSR count). The Kier molecular flexibility index (Phi) is 1.87. The smallest absolute Gasteiger partial charge is 0.156 e. The lowest BCUT2D eigenvalue weighted by Gasteiger charge is -1.96. The van der Waals surface area contributed by atoms with E-state index in [-0.39, 0.29) is 0 Å². The molecule has 0 atom stereocenters. The van der Waals surface area contributed by atoms with E-state index in [4.69, 9.17) is 0 Å². The summed E-state index contributed by atoms with van der Waals surface area (Å²) in [6, 6.07) is 3.64. The van der Waals surface area contributed by atoms with Crippen LogP contribution in [0.4, 0.5) is 0 Å². The van der Waals surface area contributed by atoms with E-state index in [0.717, 1.165) is 10.4 Å². The minimum Gasteiger partial charge on any atom is -0.245 e. The summed E-state index contributed by atoms with van der Waals surface area (Å²) in [6.07, 6.45) is 5.00. The van der Waals surface area contributed by atoms with Crippen molar-refractivity contribution in [1.29, 1.82) is 0 Å². The van der Waals surface area contributed by atoms with Gasteiger partial charge in [0.05, 0.1) is 0 Å². The quantitative estimate of drug-likeness (QED) is 0.737. The van der Waals surface area contributed by atoms with Crippen LogP contribution in [0.5, 0.6) is 0 Å². The Morgan fingerprint density at radius 3 is 2.83 bits per heavy atom. The maximum atomic E-state index is 4.12.